The van der Waals surface area contributed by atoms with Crippen molar-refractivity contribution >= 4 is 28.3 Å². The maximum atomic E-state index is 11.9. The van der Waals surface area contributed by atoms with E-state index in [1.807, 2.05) is 0 Å². The number of carbonyl (C=O) groups excluding carboxylic acids is 1. The Balaban J connectivity index is 0.00000264. The highest BCUT2D eigenvalue weighted by Gasteiger charge is 2.27. The summed E-state index contributed by atoms with van der Waals surface area (Å²) in [5.41, 5.74) is 5.77. The van der Waals surface area contributed by atoms with Gasteiger partial charge in [-0.3, -0.25) is 4.79 Å². The summed E-state index contributed by atoms with van der Waals surface area (Å²) < 4.78 is 31.8. The van der Waals surface area contributed by atoms with Crippen molar-refractivity contribution in [3.63, 3.8) is 0 Å². The van der Waals surface area contributed by atoms with E-state index in [1.165, 1.54) is 0 Å². The predicted octanol–water partition coefficient (Wildman–Crippen LogP) is 0.140. The first-order valence-corrected chi connectivity index (χ1v) is 9.74. The standard InChI is InChI=1S/C14H27N3O4S.ClH/c15-12-5-4-11(9-12)14(18)16-6-8-22(19,20)17-10-13-3-1-2-7-21-13;/h11-13,17H,1-10,15H2,(H,16,18);1H. The average Bonchev–Trinajstić information content (AvgIpc) is 2.93. The van der Waals surface area contributed by atoms with Gasteiger partial charge in [-0.25, -0.2) is 13.1 Å². The first kappa shape index (κ1) is 20.6. The zero-order chi connectivity index (χ0) is 16.0. The number of nitrogens with two attached hydrogens (primary N) is 1. The Bertz CT molecular complexity index is 469. The molecule has 2 rings (SSSR count). The molecular formula is C14H28ClN3O4S. The van der Waals surface area contributed by atoms with E-state index in [1.54, 1.807) is 0 Å². The highest BCUT2D eigenvalue weighted by molar-refractivity contribution is 7.89. The van der Waals surface area contributed by atoms with Crippen LogP contribution in [0.5, 0.6) is 0 Å². The van der Waals surface area contributed by atoms with Gasteiger partial charge in [-0.05, 0) is 38.5 Å². The summed E-state index contributed by atoms with van der Waals surface area (Å²) in [5, 5.41) is 2.69. The van der Waals surface area contributed by atoms with E-state index in [-0.39, 0.29) is 48.7 Å². The lowest BCUT2D eigenvalue weighted by Gasteiger charge is -2.22. The molecule has 4 N–H and O–H groups in total. The summed E-state index contributed by atoms with van der Waals surface area (Å²) in [6.07, 6.45) is 5.32. The van der Waals surface area contributed by atoms with Crippen LogP contribution in [0.2, 0.25) is 0 Å². The lowest BCUT2D eigenvalue weighted by atomic mass is 10.1. The average molecular weight is 370 g/mol. The minimum Gasteiger partial charge on any atom is -0.377 e. The topological polar surface area (TPSA) is 111 Å². The van der Waals surface area contributed by atoms with Crippen molar-refractivity contribution in [2.24, 2.45) is 11.7 Å². The molecule has 0 aromatic heterocycles. The number of hydrogen-bond acceptors (Lipinski definition) is 5. The van der Waals surface area contributed by atoms with Crippen LogP contribution in [0.15, 0.2) is 0 Å². The van der Waals surface area contributed by atoms with Crippen LogP contribution in [0.4, 0.5) is 0 Å². The van der Waals surface area contributed by atoms with Crippen molar-refractivity contribution in [3.8, 4) is 0 Å². The number of ether oxygens (including phenoxy) is 1. The lowest BCUT2D eigenvalue weighted by molar-refractivity contribution is -0.124. The molecule has 23 heavy (non-hydrogen) atoms. The molecule has 0 radical (unpaired) electrons. The third-order valence-corrected chi connectivity index (χ3v) is 5.67. The molecule has 1 aliphatic heterocycles. The van der Waals surface area contributed by atoms with Gasteiger partial charge in [0.2, 0.25) is 15.9 Å². The van der Waals surface area contributed by atoms with Gasteiger partial charge in [-0.15, -0.1) is 12.4 Å². The molecule has 1 saturated carbocycles. The van der Waals surface area contributed by atoms with Gasteiger partial charge >= 0.3 is 0 Å². The van der Waals surface area contributed by atoms with Crippen LogP contribution >= 0.6 is 12.4 Å². The van der Waals surface area contributed by atoms with Gasteiger partial charge in [0.1, 0.15) is 0 Å². The van der Waals surface area contributed by atoms with Crippen LogP contribution in [0.3, 0.4) is 0 Å². The number of rotatable bonds is 7. The second kappa shape index (κ2) is 9.78. The highest BCUT2D eigenvalue weighted by atomic mass is 35.5. The monoisotopic (exact) mass is 369 g/mol. The number of sulfonamides is 1. The molecule has 0 aromatic rings. The van der Waals surface area contributed by atoms with E-state index in [0.29, 0.717) is 19.6 Å². The molecule has 0 aromatic carbocycles. The first-order valence-electron chi connectivity index (χ1n) is 8.08. The highest BCUT2D eigenvalue weighted by Crippen LogP contribution is 2.23. The van der Waals surface area contributed by atoms with Gasteiger partial charge in [0.05, 0.1) is 11.9 Å². The second-order valence-corrected chi connectivity index (χ2v) is 8.14. The van der Waals surface area contributed by atoms with Crippen LogP contribution in [-0.2, 0) is 19.6 Å². The fraction of sp³-hybridized carbons (Fsp3) is 0.929. The molecule has 0 bridgehead atoms. The largest absolute Gasteiger partial charge is 0.377 e. The van der Waals surface area contributed by atoms with E-state index in [4.69, 9.17) is 10.5 Å². The number of carbonyl (C=O) groups is 1. The van der Waals surface area contributed by atoms with Gasteiger partial charge in [0.25, 0.3) is 0 Å². The summed E-state index contributed by atoms with van der Waals surface area (Å²) in [6.45, 7) is 1.14. The van der Waals surface area contributed by atoms with E-state index < -0.39 is 10.0 Å². The van der Waals surface area contributed by atoms with E-state index in [0.717, 1.165) is 32.1 Å². The number of hydrogen-bond donors (Lipinski definition) is 3. The number of halogens is 1. The Morgan fingerprint density at radius 3 is 2.61 bits per heavy atom. The molecular weight excluding hydrogens is 342 g/mol. The van der Waals surface area contributed by atoms with Crippen molar-refractivity contribution in [3.05, 3.63) is 0 Å². The molecule has 3 atom stereocenters. The Morgan fingerprint density at radius 2 is 2.00 bits per heavy atom. The van der Waals surface area contributed by atoms with Gasteiger partial charge in [0.15, 0.2) is 0 Å². The Hall–Kier alpha value is -0.410. The Labute approximate surface area is 144 Å². The first-order chi connectivity index (χ1) is 10.5. The smallest absolute Gasteiger partial charge is 0.223 e. The molecule has 0 spiro atoms. The molecule has 1 aliphatic carbocycles. The van der Waals surface area contributed by atoms with E-state index in [2.05, 4.69) is 10.0 Å². The third-order valence-electron chi connectivity index (χ3n) is 4.32. The van der Waals surface area contributed by atoms with Crippen LogP contribution in [-0.4, -0.2) is 51.9 Å². The van der Waals surface area contributed by atoms with Crippen LogP contribution in [0, 0.1) is 5.92 Å². The SMILES string of the molecule is Cl.NC1CCC(C(=O)NCCS(=O)(=O)NCC2CCCCO2)C1. The summed E-state index contributed by atoms with van der Waals surface area (Å²) in [5.74, 6) is -0.260. The molecule has 1 heterocycles. The lowest BCUT2D eigenvalue weighted by Crippen LogP contribution is -2.40. The summed E-state index contributed by atoms with van der Waals surface area (Å²) in [6, 6.07) is 0.0941. The normalized spacial score (nSPS) is 28.1. The van der Waals surface area contributed by atoms with Crippen LogP contribution < -0.4 is 15.8 Å². The van der Waals surface area contributed by atoms with E-state index >= 15 is 0 Å². The van der Waals surface area contributed by atoms with Gasteiger partial charge in [-0.2, -0.15) is 0 Å². The predicted molar refractivity (Wildman–Crippen MR) is 91.0 cm³/mol. The van der Waals surface area contributed by atoms with Gasteiger partial charge in [0, 0.05) is 31.7 Å². The fourth-order valence-electron chi connectivity index (χ4n) is 2.97. The van der Waals surface area contributed by atoms with Crippen molar-refractivity contribution in [1.82, 2.24) is 10.0 Å². The summed E-state index contributed by atoms with van der Waals surface area (Å²) in [7, 11) is -3.38. The molecule has 136 valence electrons. The Morgan fingerprint density at radius 1 is 1.22 bits per heavy atom. The molecule has 2 fully saturated rings. The maximum absolute atomic E-state index is 11.9. The molecule has 2 aliphatic rings. The van der Waals surface area contributed by atoms with Crippen molar-refractivity contribution in [2.75, 3.05) is 25.4 Å². The van der Waals surface area contributed by atoms with Crippen molar-refractivity contribution in [1.29, 1.82) is 0 Å². The van der Waals surface area contributed by atoms with Crippen LogP contribution in [0.1, 0.15) is 38.5 Å². The molecule has 3 unspecified atom stereocenters. The maximum Gasteiger partial charge on any atom is 0.223 e. The number of amides is 1. The fourth-order valence-corrected chi connectivity index (χ4v) is 3.92. The summed E-state index contributed by atoms with van der Waals surface area (Å²) >= 11 is 0. The summed E-state index contributed by atoms with van der Waals surface area (Å²) in [4.78, 5) is 11.9. The Kier molecular flexibility index (Phi) is 8.78. The molecule has 1 amide bonds. The second-order valence-electron chi connectivity index (χ2n) is 6.22. The molecule has 7 nitrogen and oxygen atoms in total. The number of nitrogens with one attached hydrogen (secondary N) is 2. The third kappa shape index (κ3) is 7.34. The quantitative estimate of drug-likeness (QED) is 0.591. The van der Waals surface area contributed by atoms with E-state index in [9.17, 15) is 13.2 Å². The van der Waals surface area contributed by atoms with Gasteiger partial charge in [-0.1, -0.05) is 0 Å². The van der Waals surface area contributed by atoms with Gasteiger partial charge < -0.3 is 15.8 Å². The molecule has 1 saturated heterocycles. The minimum absolute atomic E-state index is 0. The van der Waals surface area contributed by atoms with Crippen molar-refractivity contribution < 1.29 is 17.9 Å². The zero-order valence-electron chi connectivity index (χ0n) is 13.3. The minimum atomic E-state index is -3.38. The zero-order valence-corrected chi connectivity index (χ0v) is 15.0. The van der Waals surface area contributed by atoms with Crippen molar-refractivity contribution in [2.45, 2.75) is 50.7 Å². The van der Waals surface area contributed by atoms with Crippen LogP contribution in [0.25, 0.3) is 0 Å². The molecule has 9 heteroatoms.